The average molecular weight is 924 g/mol. The van der Waals surface area contributed by atoms with Crippen molar-refractivity contribution < 1.29 is 24.2 Å². The number of carbonyl (C=O) groups excluding carboxylic acids is 1. The number of carboxylic acid groups (broad SMARTS) is 1. The summed E-state index contributed by atoms with van der Waals surface area (Å²) < 4.78 is 12.2. The second kappa shape index (κ2) is 17.0. The molecule has 1 spiro atoms. The first-order valence-corrected chi connectivity index (χ1v) is 24.8. The first-order valence-electron chi connectivity index (χ1n) is 23.2. The molecule has 2 unspecified atom stereocenters. The maximum absolute atomic E-state index is 13.3. The Labute approximate surface area is 391 Å². The van der Waals surface area contributed by atoms with Crippen molar-refractivity contribution in [3.63, 3.8) is 0 Å². The lowest BCUT2D eigenvalue weighted by Crippen LogP contribution is -2.36. The number of aromatic nitrogens is 4. The van der Waals surface area contributed by atoms with Crippen molar-refractivity contribution in [3.05, 3.63) is 80.1 Å². The van der Waals surface area contributed by atoms with E-state index in [9.17, 15) is 14.7 Å². The Kier molecular flexibility index (Phi) is 11.0. The highest BCUT2D eigenvalue weighted by Gasteiger charge is 2.49. The summed E-state index contributed by atoms with van der Waals surface area (Å²) >= 11 is 3.29. The van der Waals surface area contributed by atoms with E-state index in [0.717, 1.165) is 115 Å². The molecule has 14 nitrogen and oxygen atoms in total. The van der Waals surface area contributed by atoms with E-state index < -0.39 is 5.97 Å². The van der Waals surface area contributed by atoms with E-state index in [1.54, 1.807) is 35.3 Å². The van der Waals surface area contributed by atoms with Gasteiger partial charge >= 0.3 is 5.97 Å². The number of anilines is 4. The second-order valence-corrected chi connectivity index (χ2v) is 21.3. The SMILES string of the molecule is CC(C)Oc1cc2c(cc1Nc1ncnc3sc4c(c13)CCC(C(=O)N1CCC3(CC3)C1)C4)C=NC2.CC(C)Oc1cc2c(cc1Nc1ncnc3sc4c(c13)CCC(C(=O)O)C4)C=NC2. The van der Waals surface area contributed by atoms with E-state index in [0.29, 0.717) is 37.3 Å². The number of fused-ring (bicyclic) bond motifs is 8. The van der Waals surface area contributed by atoms with Crippen molar-refractivity contribution in [2.75, 3.05) is 23.7 Å². The number of hydrogen-bond donors (Lipinski definition) is 3. The van der Waals surface area contributed by atoms with Crippen LogP contribution < -0.4 is 20.1 Å². The van der Waals surface area contributed by atoms with E-state index in [-0.39, 0.29) is 24.0 Å². The number of aryl methyl sites for hydroxylation is 2. The van der Waals surface area contributed by atoms with Crippen molar-refractivity contribution >= 4 is 90.4 Å². The Balaban J connectivity index is 0.000000148. The molecular weight excluding hydrogens is 871 g/mol. The van der Waals surface area contributed by atoms with E-state index in [2.05, 4.69) is 63.7 Å². The number of ether oxygens (including phenoxy) is 2. The van der Waals surface area contributed by atoms with Crippen molar-refractivity contribution in [2.24, 2.45) is 27.2 Å². The van der Waals surface area contributed by atoms with E-state index in [1.807, 2.05) is 46.2 Å². The number of nitrogens with one attached hydrogen (secondary N) is 2. The molecule has 3 aliphatic heterocycles. The molecule has 0 radical (unpaired) electrons. The number of benzene rings is 2. The quantitative estimate of drug-likeness (QED) is 0.119. The number of thiophene rings is 2. The molecule has 6 aliphatic rings. The fourth-order valence-electron chi connectivity index (χ4n) is 10.2. The van der Waals surface area contributed by atoms with Crippen molar-refractivity contribution in [1.82, 2.24) is 24.8 Å². The summed E-state index contributed by atoms with van der Waals surface area (Å²) in [7, 11) is 0. The van der Waals surface area contributed by atoms with Crippen molar-refractivity contribution in [2.45, 2.75) is 111 Å². The number of carbonyl (C=O) groups is 2. The Hall–Kier alpha value is -6.00. The van der Waals surface area contributed by atoms with Gasteiger partial charge in [0, 0.05) is 41.2 Å². The molecular formula is C50H53N9O5S2. The molecule has 1 saturated carbocycles. The van der Waals surface area contributed by atoms with Crippen LogP contribution in [-0.4, -0.2) is 79.5 Å². The van der Waals surface area contributed by atoms with Gasteiger partial charge in [0.1, 0.15) is 45.5 Å². The summed E-state index contributed by atoms with van der Waals surface area (Å²) in [5, 5.41) is 18.5. The largest absolute Gasteiger partial charge is 0.489 e. The fourth-order valence-corrected chi connectivity index (χ4v) is 12.8. The number of hydrogen-bond acceptors (Lipinski definition) is 14. The molecule has 3 N–H and O–H groups in total. The Morgan fingerprint density at radius 1 is 0.727 bits per heavy atom. The Morgan fingerprint density at radius 2 is 1.24 bits per heavy atom. The lowest BCUT2D eigenvalue weighted by molar-refractivity contribution is -0.142. The average Bonchev–Trinajstić information content (AvgIpc) is 3.87. The normalized spacial score (nSPS) is 19.5. The summed E-state index contributed by atoms with van der Waals surface area (Å²) in [6.45, 7) is 11.4. The lowest BCUT2D eigenvalue weighted by atomic mass is 9.87. The van der Waals surface area contributed by atoms with Gasteiger partial charge < -0.3 is 30.1 Å². The molecule has 2 fully saturated rings. The fraction of sp³-hybridized carbons (Fsp3) is 0.440. The third-order valence-electron chi connectivity index (χ3n) is 13.8. The van der Waals surface area contributed by atoms with Crippen LogP contribution in [0.15, 0.2) is 46.9 Å². The first kappa shape index (κ1) is 42.6. The maximum Gasteiger partial charge on any atom is 0.306 e. The number of rotatable bonds is 10. The van der Waals surface area contributed by atoms with Crippen molar-refractivity contribution in [3.8, 4) is 11.5 Å². The summed E-state index contributed by atoms with van der Waals surface area (Å²) in [5.41, 5.74) is 9.21. The summed E-state index contributed by atoms with van der Waals surface area (Å²) in [4.78, 5) is 58.2. The summed E-state index contributed by atoms with van der Waals surface area (Å²) in [5.74, 6) is 2.53. The number of nitrogens with zero attached hydrogens (tertiary/aromatic N) is 7. The highest BCUT2D eigenvalue weighted by atomic mass is 32.1. The molecule has 340 valence electrons. The number of carboxylic acids is 1. The maximum atomic E-state index is 13.3. The molecule has 16 heteroatoms. The highest BCUT2D eigenvalue weighted by molar-refractivity contribution is 7.19. The van der Waals surface area contributed by atoms with Gasteiger partial charge in [0.25, 0.3) is 0 Å². The Morgan fingerprint density at radius 3 is 1.73 bits per heavy atom. The zero-order valence-corrected chi connectivity index (χ0v) is 39.3. The van der Waals surface area contributed by atoms with Gasteiger partial charge in [0.05, 0.1) is 53.4 Å². The highest BCUT2D eigenvalue weighted by Crippen LogP contribution is 2.53. The van der Waals surface area contributed by atoms with Crippen LogP contribution in [0.3, 0.4) is 0 Å². The predicted octanol–water partition coefficient (Wildman–Crippen LogP) is 9.62. The van der Waals surface area contributed by atoms with Gasteiger partial charge in [0.2, 0.25) is 5.91 Å². The van der Waals surface area contributed by atoms with Gasteiger partial charge in [-0.1, -0.05) is 0 Å². The van der Waals surface area contributed by atoms with Gasteiger partial charge in [-0.05, 0) is 149 Å². The van der Waals surface area contributed by atoms with Crippen LogP contribution in [0, 0.1) is 17.3 Å². The van der Waals surface area contributed by atoms with Crippen LogP contribution in [0.4, 0.5) is 23.0 Å². The number of aliphatic imine (C=N–C) groups is 2. The Bertz CT molecular complexity index is 2990. The topological polar surface area (TPSA) is 176 Å². The molecule has 0 bridgehead atoms. The zero-order chi connectivity index (χ0) is 45.3. The molecule has 66 heavy (non-hydrogen) atoms. The molecule has 1 saturated heterocycles. The monoisotopic (exact) mass is 923 g/mol. The van der Waals surface area contributed by atoms with E-state index in [1.165, 1.54) is 40.8 Å². The third-order valence-corrected chi connectivity index (χ3v) is 16.1. The van der Waals surface area contributed by atoms with Gasteiger partial charge in [-0.15, -0.1) is 22.7 Å². The number of aliphatic carboxylic acids is 1. The molecule has 4 aromatic heterocycles. The van der Waals surface area contributed by atoms with Gasteiger partial charge in [-0.25, -0.2) is 19.9 Å². The van der Waals surface area contributed by atoms with Crippen LogP contribution in [0.5, 0.6) is 11.5 Å². The van der Waals surface area contributed by atoms with Gasteiger partial charge in [0.15, 0.2) is 0 Å². The zero-order valence-electron chi connectivity index (χ0n) is 37.6. The van der Waals surface area contributed by atoms with E-state index >= 15 is 0 Å². The standard InChI is InChI=1S/C28H31N5O2S.C22H22N4O3S/c1-16(2)35-22-10-19-13-29-12-18(19)9-21(22)32-25-24-20-4-3-17(11-23(20)36-26(24)31-15-30-25)27(34)33-8-7-28(14-33)5-6-28;1-11(2)29-17-6-14-9-23-8-13(14)5-16(17)26-20-19-15-4-3-12(22(27)28)7-18(15)30-21(19)25-10-24-20/h9-10,12,15-17H,3-8,11,13-14H2,1-2H3,(H,30,31,32);5-6,8,10-12H,3-4,7,9H2,1-2H3,(H,27,28)(H,24,25,26). The van der Waals surface area contributed by atoms with Crippen LogP contribution in [0.1, 0.15) is 103 Å². The number of amides is 1. The van der Waals surface area contributed by atoms with Crippen LogP contribution in [0.25, 0.3) is 20.4 Å². The summed E-state index contributed by atoms with van der Waals surface area (Å²) in [6.07, 6.45) is 15.4. The van der Waals surface area contributed by atoms with Gasteiger partial charge in [-0.2, -0.15) is 0 Å². The van der Waals surface area contributed by atoms with E-state index in [4.69, 9.17) is 9.47 Å². The molecule has 2 atom stereocenters. The van der Waals surface area contributed by atoms with Crippen LogP contribution in [0.2, 0.25) is 0 Å². The molecule has 6 aromatic rings. The molecule has 3 aliphatic carbocycles. The first-order chi connectivity index (χ1) is 32.0. The second-order valence-electron chi connectivity index (χ2n) is 19.2. The molecule has 7 heterocycles. The molecule has 2 aromatic carbocycles. The van der Waals surface area contributed by atoms with Crippen LogP contribution in [-0.2, 0) is 48.4 Å². The minimum atomic E-state index is -0.724. The smallest absolute Gasteiger partial charge is 0.306 e. The van der Waals surface area contributed by atoms with Crippen molar-refractivity contribution in [1.29, 1.82) is 0 Å². The molecule has 1 amide bonds. The third kappa shape index (κ3) is 8.16. The predicted molar refractivity (Wildman–Crippen MR) is 260 cm³/mol. The number of likely N-dealkylation sites (tertiary alicyclic amines) is 1. The van der Waals surface area contributed by atoms with Crippen LogP contribution >= 0.6 is 22.7 Å². The minimum absolute atomic E-state index is 0.0400. The molecule has 12 rings (SSSR count). The summed E-state index contributed by atoms with van der Waals surface area (Å²) in [6, 6.07) is 8.29. The van der Waals surface area contributed by atoms with Gasteiger partial charge in [-0.3, -0.25) is 19.6 Å². The minimum Gasteiger partial charge on any atom is -0.489 e. The lowest BCUT2D eigenvalue weighted by Gasteiger charge is -2.26.